The molecule has 1 heterocycles. The summed E-state index contributed by atoms with van der Waals surface area (Å²) in [6, 6.07) is 3.73. The van der Waals surface area contributed by atoms with E-state index in [9.17, 15) is 0 Å². The SMILES string of the molecule is COc1ccc(C2CCO2)c(N)c1N. The summed E-state index contributed by atoms with van der Waals surface area (Å²) < 4.78 is 10.4. The molecule has 2 rings (SSSR count). The quantitative estimate of drug-likeness (QED) is 0.696. The Bertz CT molecular complexity index is 348. The zero-order valence-electron chi connectivity index (χ0n) is 8.12. The van der Waals surface area contributed by atoms with Gasteiger partial charge in [0.1, 0.15) is 5.75 Å². The Labute approximate surface area is 82.8 Å². The third kappa shape index (κ3) is 1.28. The number of nitrogen functional groups attached to an aromatic ring is 2. The maximum absolute atomic E-state index is 5.88. The summed E-state index contributed by atoms with van der Waals surface area (Å²) in [6.45, 7) is 0.802. The Morgan fingerprint density at radius 1 is 1.36 bits per heavy atom. The molecule has 4 nitrogen and oxygen atoms in total. The van der Waals surface area contributed by atoms with Crippen LogP contribution in [0.25, 0.3) is 0 Å². The normalized spacial score (nSPS) is 20.2. The van der Waals surface area contributed by atoms with Crippen molar-refractivity contribution in [3.05, 3.63) is 17.7 Å². The first-order valence-electron chi connectivity index (χ1n) is 4.57. The molecule has 0 saturated carbocycles. The molecule has 1 aromatic rings. The average Bonchev–Trinajstić information content (AvgIpc) is 2.10. The predicted octanol–water partition coefficient (Wildman–Crippen LogP) is 1.32. The van der Waals surface area contributed by atoms with Crippen LogP contribution >= 0.6 is 0 Å². The molecule has 1 aromatic carbocycles. The molecule has 1 saturated heterocycles. The summed E-state index contributed by atoms with van der Waals surface area (Å²) >= 11 is 0. The molecule has 14 heavy (non-hydrogen) atoms. The van der Waals surface area contributed by atoms with E-state index in [0.717, 1.165) is 18.6 Å². The van der Waals surface area contributed by atoms with Gasteiger partial charge >= 0.3 is 0 Å². The monoisotopic (exact) mass is 194 g/mol. The van der Waals surface area contributed by atoms with Crippen molar-refractivity contribution < 1.29 is 9.47 Å². The van der Waals surface area contributed by atoms with Crippen molar-refractivity contribution in [1.82, 2.24) is 0 Å². The zero-order chi connectivity index (χ0) is 10.1. The molecule has 1 fully saturated rings. The molecule has 0 radical (unpaired) electrons. The standard InChI is InChI=1S/C10H14N2O2/c1-13-8-3-2-6(7-4-5-14-7)9(11)10(8)12/h2-3,7H,4-5,11-12H2,1H3. The predicted molar refractivity (Wildman–Crippen MR) is 55.1 cm³/mol. The van der Waals surface area contributed by atoms with E-state index < -0.39 is 0 Å². The number of hydrogen-bond acceptors (Lipinski definition) is 4. The van der Waals surface area contributed by atoms with Crippen molar-refractivity contribution >= 4 is 11.4 Å². The van der Waals surface area contributed by atoms with Gasteiger partial charge < -0.3 is 20.9 Å². The molecule has 0 spiro atoms. The van der Waals surface area contributed by atoms with Gasteiger partial charge in [-0.1, -0.05) is 6.07 Å². The lowest BCUT2D eigenvalue weighted by Crippen LogP contribution is -2.20. The molecule has 0 amide bonds. The van der Waals surface area contributed by atoms with Gasteiger partial charge in [0.25, 0.3) is 0 Å². The molecule has 76 valence electrons. The smallest absolute Gasteiger partial charge is 0.143 e. The molecule has 1 unspecified atom stereocenters. The van der Waals surface area contributed by atoms with Crippen LogP contribution in [0, 0.1) is 0 Å². The summed E-state index contributed by atoms with van der Waals surface area (Å²) in [7, 11) is 1.57. The van der Waals surface area contributed by atoms with Gasteiger partial charge in [-0.3, -0.25) is 0 Å². The van der Waals surface area contributed by atoms with Crippen molar-refractivity contribution in [2.45, 2.75) is 12.5 Å². The topological polar surface area (TPSA) is 70.5 Å². The van der Waals surface area contributed by atoms with E-state index in [1.165, 1.54) is 0 Å². The first-order valence-corrected chi connectivity index (χ1v) is 4.57. The lowest BCUT2D eigenvalue weighted by molar-refractivity contribution is -0.0522. The van der Waals surface area contributed by atoms with E-state index in [1.54, 1.807) is 7.11 Å². The summed E-state index contributed by atoms with van der Waals surface area (Å²) in [5, 5.41) is 0. The fraction of sp³-hybridized carbons (Fsp3) is 0.400. The molecule has 0 bridgehead atoms. The minimum absolute atomic E-state index is 0.114. The second kappa shape index (κ2) is 3.38. The molecule has 1 atom stereocenters. The summed E-state index contributed by atoms with van der Waals surface area (Å²) in [4.78, 5) is 0. The van der Waals surface area contributed by atoms with Gasteiger partial charge in [0.05, 0.1) is 31.2 Å². The van der Waals surface area contributed by atoms with Crippen molar-refractivity contribution in [3.63, 3.8) is 0 Å². The van der Waals surface area contributed by atoms with Gasteiger partial charge in [-0.05, 0) is 6.07 Å². The van der Waals surface area contributed by atoms with Crippen molar-refractivity contribution in [1.29, 1.82) is 0 Å². The Morgan fingerprint density at radius 2 is 2.07 bits per heavy atom. The Balaban J connectivity index is 2.38. The third-order valence-electron chi connectivity index (χ3n) is 2.55. The molecule has 1 aliphatic heterocycles. The van der Waals surface area contributed by atoms with E-state index in [4.69, 9.17) is 20.9 Å². The van der Waals surface area contributed by atoms with Gasteiger partial charge in [0.15, 0.2) is 0 Å². The molecule has 0 aromatic heterocycles. The van der Waals surface area contributed by atoms with Crippen LogP contribution in [0.2, 0.25) is 0 Å². The summed E-state index contributed by atoms with van der Waals surface area (Å²) in [6.07, 6.45) is 1.12. The Morgan fingerprint density at radius 3 is 2.57 bits per heavy atom. The maximum atomic E-state index is 5.88. The maximum Gasteiger partial charge on any atom is 0.143 e. The van der Waals surface area contributed by atoms with Crippen LogP contribution < -0.4 is 16.2 Å². The highest BCUT2D eigenvalue weighted by molar-refractivity contribution is 5.74. The largest absolute Gasteiger partial charge is 0.495 e. The molecule has 4 heteroatoms. The van der Waals surface area contributed by atoms with Crippen LogP contribution in [-0.4, -0.2) is 13.7 Å². The van der Waals surface area contributed by atoms with Crippen LogP contribution in [0.5, 0.6) is 5.75 Å². The Kier molecular flexibility index (Phi) is 2.21. The number of methoxy groups -OCH3 is 1. The fourth-order valence-electron chi connectivity index (χ4n) is 1.57. The van der Waals surface area contributed by atoms with Gasteiger partial charge in [0, 0.05) is 12.0 Å². The van der Waals surface area contributed by atoms with E-state index >= 15 is 0 Å². The highest BCUT2D eigenvalue weighted by atomic mass is 16.5. The van der Waals surface area contributed by atoms with Crippen LogP contribution in [-0.2, 0) is 4.74 Å². The number of rotatable bonds is 2. The lowest BCUT2D eigenvalue weighted by atomic mass is 10.0. The van der Waals surface area contributed by atoms with Crippen LogP contribution in [0.4, 0.5) is 11.4 Å². The van der Waals surface area contributed by atoms with Crippen LogP contribution in [0.15, 0.2) is 12.1 Å². The number of ether oxygens (including phenoxy) is 2. The number of anilines is 2. The second-order valence-corrected chi connectivity index (χ2v) is 3.33. The lowest BCUT2D eigenvalue weighted by Gasteiger charge is -2.28. The second-order valence-electron chi connectivity index (χ2n) is 3.33. The first-order chi connectivity index (χ1) is 6.74. The highest BCUT2D eigenvalue weighted by Gasteiger charge is 2.24. The fourth-order valence-corrected chi connectivity index (χ4v) is 1.57. The molecule has 4 N–H and O–H groups in total. The van der Waals surface area contributed by atoms with Crippen molar-refractivity contribution in [3.8, 4) is 5.75 Å². The number of benzene rings is 1. The summed E-state index contributed by atoms with van der Waals surface area (Å²) in [5.74, 6) is 0.616. The van der Waals surface area contributed by atoms with Crippen molar-refractivity contribution in [2.75, 3.05) is 25.2 Å². The minimum atomic E-state index is 0.114. The number of nitrogens with two attached hydrogens (primary N) is 2. The molecular formula is C10H14N2O2. The van der Waals surface area contributed by atoms with E-state index in [0.29, 0.717) is 17.1 Å². The van der Waals surface area contributed by atoms with E-state index in [1.807, 2.05) is 12.1 Å². The van der Waals surface area contributed by atoms with Gasteiger partial charge in [0.2, 0.25) is 0 Å². The first kappa shape index (κ1) is 9.15. The van der Waals surface area contributed by atoms with E-state index in [-0.39, 0.29) is 6.10 Å². The third-order valence-corrected chi connectivity index (χ3v) is 2.55. The van der Waals surface area contributed by atoms with E-state index in [2.05, 4.69) is 0 Å². The van der Waals surface area contributed by atoms with Gasteiger partial charge in [-0.15, -0.1) is 0 Å². The zero-order valence-corrected chi connectivity index (χ0v) is 8.12. The number of hydrogen-bond donors (Lipinski definition) is 2. The minimum Gasteiger partial charge on any atom is -0.495 e. The molecular weight excluding hydrogens is 180 g/mol. The van der Waals surface area contributed by atoms with Gasteiger partial charge in [-0.25, -0.2) is 0 Å². The summed E-state index contributed by atoms with van der Waals surface area (Å²) in [5.41, 5.74) is 13.7. The van der Waals surface area contributed by atoms with Gasteiger partial charge in [-0.2, -0.15) is 0 Å². The molecule has 1 aliphatic rings. The van der Waals surface area contributed by atoms with Crippen molar-refractivity contribution in [2.24, 2.45) is 0 Å². The van der Waals surface area contributed by atoms with Crippen LogP contribution in [0.3, 0.4) is 0 Å². The highest BCUT2D eigenvalue weighted by Crippen LogP contribution is 2.38. The average molecular weight is 194 g/mol. The Hall–Kier alpha value is -1.42. The van der Waals surface area contributed by atoms with Crippen LogP contribution in [0.1, 0.15) is 18.1 Å². The molecule has 0 aliphatic carbocycles.